The molecule has 7 nitrogen and oxygen atoms in total. The van der Waals surface area contributed by atoms with Crippen LogP contribution in [0.25, 0.3) is 0 Å². The first-order chi connectivity index (χ1) is 21.3. The zero-order chi connectivity index (χ0) is 31.4. The minimum atomic E-state index is -3.96. The Bertz CT molecular complexity index is 1610. The van der Waals surface area contributed by atoms with Crippen LogP contribution in [0.4, 0.5) is 0 Å². The van der Waals surface area contributed by atoms with Gasteiger partial charge in [0.15, 0.2) is 5.78 Å². The summed E-state index contributed by atoms with van der Waals surface area (Å²) in [4.78, 5) is 29.0. The minimum absolute atomic E-state index is 0.0307. The number of Topliss-reactive ketones (excluding diaryl/α,β-unsaturated/α-hetero) is 1. The maximum absolute atomic E-state index is 13.5. The van der Waals surface area contributed by atoms with Crippen molar-refractivity contribution < 1.29 is 27.8 Å². The summed E-state index contributed by atoms with van der Waals surface area (Å²) in [7, 11) is -3.96. The first-order valence-corrected chi connectivity index (χ1v) is 17.5. The Hall–Kier alpha value is -3.17. The van der Waals surface area contributed by atoms with Crippen LogP contribution in [0.1, 0.15) is 46.5 Å². The molecule has 0 aliphatic rings. The number of halogens is 1. The third kappa shape index (κ3) is 9.92. The number of hydrogen-bond acceptors (Lipinski definition) is 9. The van der Waals surface area contributed by atoms with E-state index in [4.69, 9.17) is 25.3 Å². The quantitative estimate of drug-likeness (QED) is 0.0383. The number of phosphoric ester groups is 1. The molecule has 0 aliphatic carbocycles. The number of thioether (sulfide) groups is 1. The third-order valence-electron chi connectivity index (χ3n) is 6.01. The van der Waals surface area contributed by atoms with Gasteiger partial charge in [-0.15, -0.1) is 11.8 Å². The average molecular weight is 668 g/mol. The molecule has 0 N–H and O–H groups in total. The van der Waals surface area contributed by atoms with E-state index in [9.17, 15) is 14.2 Å². The topological polar surface area (TPSA) is 91.3 Å². The summed E-state index contributed by atoms with van der Waals surface area (Å²) < 4.78 is 28.4. The number of rotatable bonds is 16. The first kappa shape index (κ1) is 33.7. The van der Waals surface area contributed by atoms with Crippen molar-refractivity contribution in [2.75, 3.05) is 19.0 Å². The highest BCUT2D eigenvalue weighted by atomic mass is 35.5. The Balaban J connectivity index is 1.45. The summed E-state index contributed by atoms with van der Waals surface area (Å²) in [5.41, 5.74) is 1.75. The second-order valence-electron chi connectivity index (χ2n) is 9.13. The van der Waals surface area contributed by atoms with Crippen LogP contribution in [-0.2, 0) is 18.2 Å². The van der Waals surface area contributed by atoms with Crippen LogP contribution in [0.15, 0.2) is 123 Å². The van der Waals surface area contributed by atoms with Crippen LogP contribution in [0.3, 0.4) is 0 Å². The van der Waals surface area contributed by atoms with Crippen molar-refractivity contribution in [3.8, 4) is 0 Å². The van der Waals surface area contributed by atoms with E-state index in [1.165, 1.54) is 23.5 Å². The Morgan fingerprint density at radius 1 is 0.727 bits per heavy atom. The minimum Gasteiger partial charge on any atom is -0.292 e. The molecule has 0 aromatic heterocycles. The van der Waals surface area contributed by atoms with Gasteiger partial charge in [-0.3, -0.25) is 23.3 Å². The molecule has 11 heteroatoms. The van der Waals surface area contributed by atoms with E-state index in [1.54, 1.807) is 50.2 Å². The molecular weight excluding hydrogens is 637 g/mol. The number of benzene rings is 4. The molecule has 0 atom stereocenters. The van der Waals surface area contributed by atoms with Gasteiger partial charge < -0.3 is 0 Å². The molecule has 0 unspecified atom stereocenters. The molecule has 44 heavy (non-hydrogen) atoms. The standard InChI is InChI=1S/C33H31ClNO6PS2/c1-3-39-42(38,40-4-2)41-35-31(22-23-43-28-20-14-27(34)15-21-28)33(37)26-12-18-30(19-13-26)44-29-16-10-25(11-17-29)32(36)24-8-6-5-7-9-24/h5-21H,3-4,22-23H2,1-2H3. The smallest absolute Gasteiger partial charge is 0.292 e. The van der Waals surface area contributed by atoms with E-state index in [1.807, 2.05) is 66.7 Å². The predicted octanol–water partition coefficient (Wildman–Crippen LogP) is 9.64. The predicted molar refractivity (Wildman–Crippen MR) is 177 cm³/mol. The molecule has 0 amide bonds. The van der Waals surface area contributed by atoms with E-state index in [0.717, 1.165) is 14.7 Å². The number of carbonyl (C=O) groups excluding carboxylic acids is 2. The van der Waals surface area contributed by atoms with E-state index < -0.39 is 7.82 Å². The van der Waals surface area contributed by atoms with Gasteiger partial charge in [0.05, 0.1) is 13.2 Å². The third-order valence-corrected chi connectivity index (χ3v) is 9.73. The van der Waals surface area contributed by atoms with Crippen LogP contribution in [-0.4, -0.2) is 36.2 Å². The molecule has 0 saturated heterocycles. The Kier molecular flexibility index (Phi) is 12.9. The van der Waals surface area contributed by atoms with E-state index in [-0.39, 0.29) is 36.9 Å². The molecule has 228 valence electrons. The molecule has 4 rings (SSSR count). The molecule has 0 aliphatic heterocycles. The fraction of sp³-hybridized carbons (Fsp3) is 0.182. The van der Waals surface area contributed by atoms with Crippen molar-refractivity contribution in [1.29, 1.82) is 0 Å². The maximum Gasteiger partial charge on any atom is 0.550 e. The van der Waals surface area contributed by atoms with Crippen LogP contribution in [0, 0.1) is 0 Å². The Morgan fingerprint density at radius 2 is 1.25 bits per heavy atom. The van der Waals surface area contributed by atoms with E-state index in [2.05, 4.69) is 5.16 Å². The van der Waals surface area contributed by atoms with Gasteiger partial charge in [0.1, 0.15) is 5.71 Å². The summed E-state index contributed by atoms with van der Waals surface area (Å²) in [6.45, 7) is 3.50. The summed E-state index contributed by atoms with van der Waals surface area (Å²) in [5, 5.41) is 4.61. The lowest BCUT2D eigenvalue weighted by Gasteiger charge is -2.14. The first-order valence-electron chi connectivity index (χ1n) is 13.9. The number of nitrogens with zero attached hydrogens (tertiary/aromatic N) is 1. The Morgan fingerprint density at radius 3 is 1.82 bits per heavy atom. The zero-order valence-electron chi connectivity index (χ0n) is 24.2. The van der Waals surface area contributed by atoms with Gasteiger partial charge in [-0.05, 0) is 86.6 Å². The van der Waals surface area contributed by atoms with Crippen molar-refractivity contribution in [2.24, 2.45) is 5.16 Å². The molecule has 0 saturated carbocycles. The maximum atomic E-state index is 13.5. The number of ketones is 2. The number of hydrogen-bond donors (Lipinski definition) is 0. The van der Waals surface area contributed by atoms with E-state index in [0.29, 0.717) is 27.5 Å². The lowest BCUT2D eigenvalue weighted by molar-refractivity contribution is 0.103. The second-order valence-corrected chi connectivity index (χ2v) is 13.5. The lowest BCUT2D eigenvalue weighted by atomic mass is 10.0. The van der Waals surface area contributed by atoms with Crippen molar-refractivity contribution >= 4 is 60.2 Å². The Labute approximate surface area is 270 Å². The highest BCUT2D eigenvalue weighted by Gasteiger charge is 2.28. The normalized spacial score (nSPS) is 11.8. The fourth-order valence-corrected chi connectivity index (χ4v) is 6.71. The van der Waals surface area contributed by atoms with Crippen molar-refractivity contribution in [3.05, 3.63) is 125 Å². The molecule has 4 aromatic rings. The highest BCUT2D eigenvalue weighted by Crippen LogP contribution is 2.49. The summed E-state index contributed by atoms with van der Waals surface area (Å²) in [5.74, 6) is 0.123. The van der Waals surface area contributed by atoms with Gasteiger partial charge in [0.25, 0.3) is 0 Å². The van der Waals surface area contributed by atoms with Crippen molar-refractivity contribution in [3.63, 3.8) is 0 Å². The van der Waals surface area contributed by atoms with Crippen LogP contribution in [0.2, 0.25) is 5.02 Å². The van der Waals surface area contributed by atoms with Gasteiger partial charge in [-0.25, -0.2) is 4.57 Å². The monoisotopic (exact) mass is 667 g/mol. The zero-order valence-corrected chi connectivity index (χ0v) is 27.5. The average Bonchev–Trinajstić information content (AvgIpc) is 3.04. The van der Waals surface area contributed by atoms with E-state index >= 15 is 0 Å². The summed E-state index contributed by atoms with van der Waals surface area (Å²) in [6, 6.07) is 31.1. The molecule has 0 spiro atoms. The SMILES string of the molecule is CCOP(=O)(OCC)ON=C(CCSc1ccc(Cl)cc1)C(=O)c1ccc(Sc2ccc(C(=O)c3ccccc3)cc2)cc1. The van der Waals surface area contributed by atoms with Crippen molar-refractivity contribution in [2.45, 2.75) is 35.0 Å². The van der Waals surface area contributed by atoms with Crippen molar-refractivity contribution in [1.82, 2.24) is 0 Å². The largest absolute Gasteiger partial charge is 0.550 e. The van der Waals surface area contributed by atoms with Gasteiger partial charge in [-0.2, -0.15) is 0 Å². The molecule has 0 fully saturated rings. The number of oxime groups is 1. The number of carbonyl (C=O) groups is 2. The second kappa shape index (κ2) is 16.8. The van der Waals surface area contributed by atoms with Gasteiger partial charge >= 0.3 is 7.82 Å². The highest BCUT2D eigenvalue weighted by molar-refractivity contribution is 7.99. The molecule has 4 aromatic carbocycles. The lowest BCUT2D eigenvalue weighted by Crippen LogP contribution is -2.16. The molecule has 0 heterocycles. The number of phosphoric acid groups is 1. The van der Waals surface area contributed by atoms with Gasteiger partial charge in [0.2, 0.25) is 5.78 Å². The van der Waals surface area contributed by atoms with Crippen LogP contribution >= 0.6 is 42.9 Å². The van der Waals surface area contributed by atoms with Crippen LogP contribution in [0.5, 0.6) is 0 Å². The molecule has 0 radical (unpaired) electrons. The fourth-order valence-electron chi connectivity index (χ4n) is 3.90. The molecule has 0 bridgehead atoms. The van der Waals surface area contributed by atoms with Gasteiger partial charge in [0, 0.05) is 48.6 Å². The van der Waals surface area contributed by atoms with Crippen LogP contribution < -0.4 is 0 Å². The molecular formula is C33H31ClNO6PS2. The van der Waals surface area contributed by atoms with Gasteiger partial charge in [-0.1, -0.05) is 58.9 Å². The summed E-state index contributed by atoms with van der Waals surface area (Å²) >= 11 is 9.02. The summed E-state index contributed by atoms with van der Waals surface area (Å²) in [6.07, 6.45) is 0.245.